The van der Waals surface area contributed by atoms with Crippen molar-refractivity contribution in [2.45, 2.75) is 31.1 Å². The molecule has 27 heavy (non-hydrogen) atoms. The van der Waals surface area contributed by atoms with Crippen molar-refractivity contribution in [3.8, 4) is 16.9 Å². The number of hydrogen-bond donors (Lipinski definition) is 1. The van der Waals surface area contributed by atoms with E-state index in [0.29, 0.717) is 5.75 Å². The Balaban J connectivity index is 1.72. The second-order valence-corrected chi connectivity index (χ2v) is 9.04. The van der Waals surface area contributed by atoms with Crippen molar-refractivity contribution in [2.75, 3.05) is 19.0 Å². The fourth-order valence-electron chi connectivity index (χ4n) is 6.54. The Hall–Kier alpha value is -2.48. The van der Waals surface area contributed by atoms with E-state index in [-0.39, 0.29) is 5.41 Å². The Morgan fingerprint density at radius 1 is 0.963 bits per heavy atom. The fraction of sp³-hybridized carbons (Fsp3) is 0.360. The van der Waals surface area contributed by atoms with Crippen LogP contribution >= 0.6 is 0 Å². The van der Waals surface area contributed by atoms with Gasteiger partial charge >= 0.3 is 0 Å². The van der Waals surface area contributed by atoms with Crippen molar-refractivity contribution < 1.29 is 5.11 Å². The molecule has 3 aromatic carbocycles. The number of rotatable bonds is 1. The van der Waals surface area contributed by atoms with E-state index in [1.807, 2.05) is 14.1 Å². The van der Waals surface area contributed by atoms with Crippen LogP contribution in [-0.2, 0) is 5.41 Å². The van der Waals surface area contributed by atoms with Crippen LogP contribution in [0, 0.1) is 11.8 Å². The van der Waals surface area contributed by atoms with Gasteiger partial charge in [0.2, 0.25) is 0 Å². The van der Waals surface area contributed by atoms with Gasteiger partial charge in [0.25, 0.3) is 0 Å². The maximum atomic E-state index is 11.0. The standard InChI is InChI=1S/C25H25NO/c1-26(2)17-9-10-18-20(12-17)23(27)13-22-24(18)19-5-3-4-6-21(19)25(22)14-15-7-8-16(25)11-15/h3-6,9-10,12-13,15-16,27H,7-8,11,14H2,1-2H3. The summed E-state index contributed by atoms with van der Waals surface area (Å²) < 4.78 is 0. The van der Waals surface area contributed by atoms with Crippen molar-refractivity contribution in [3.05, 3.63) is 59.7 Å². The van der Waals surface area contributed by atoms with E-state index < -0.39 is 0 Å². The number of hydrogen-bond acceptors (Lipinski definition) is 2. The minimum atomic E-state index is 0.126. The first-order chi connectivity index (χ1) is 13.1. The minimum Gasteiger partial charge on any atom is -0.507 e. The minimum absolute atomic E-state index is 0.126. The molecule has 3 aliphatic rings. The van der Waals surface area contributed by atoms with Gasteiger partial charge in [-0.25, -0.2) is 0 Å². The lowest BCUT2D eigenvalue weighted by Crippen LogP contribution is -2.31. The van der Waals surface area contributed by atoms with Gasteiger partial charge < -0.3 is 10.0 Å². The van der Waals surface area contributed by atoms with Crippen molar-refractivity contribution in [1.82, 2.24) is 0 Å². The molecule has 3 aromatic rings. The summed E-state index contributed by atoms with van der Waals surface area (Å²) in [7, 11) is 4.09. The SMILES string of the molecule is CN(C)c1ccc2c3c(cc(O)c2c1)C1(CC2CCC1C2)c1ccccc1-3. The zero-order valence-corrected chi connectivity index (χ0v) is 16.0. The molecule has 0 amide bonds. The van der Waals surface area contributed by atoms with Gasteiger partial charge in [0.05, 0.1) is 0 Å². The Bertz CT molecular complexity index is 1100. The molecular formula is C25H25NO. The normalized spacial score (nSPS) is 27.3. The summed E-state index contributed by atoms with van der Waals surface area (Å²) in [6, 6.07) is 17.6. The van der Waals surface area contributed by atoms with Gasteiger partial charge in [-0.2, -0.15) is 0 Å². The third kappa shape index (κ3) is 1.81. The van der Waals surface area contributed by atoms with Gasteiger partial charge in [0, 0.05) is 30.6 Å². The molecule has 2 bridgehead atoms. The van der Waals surface area contributed by atoms with Gasteiger partial charge in [-0.3, -0.25) is 0 Å². The molecule has 0 aromatic heterocycles. The van der Waals surface area contributed by atoms with Gasteiger partial charge in [0.1, 0.15) is 5.75 Å². The van der Waals surface area contributed by atoms with E-state index in [4.69, 9.17) is 0 Å². The second kappa shape index (κ2) is 5.07. The predicted molar refractivity (Wildman–Crippen MR) is 112 cm³/mol. The van der Waals surface area contributed by atoms with Crippen molar-refractivity contribution in [1.29, 1.82) is 0 Å². The highest BCUT2D eigenvalue weighted by Crippen LogP contribution is 2.66. The average molecular weight is 355 g/mol. The molecule has 136 valence electrons. The van der Waals surface area contributed by atoms with E-state index in [1.54, 1.807) is 0 Å². The van der Waals surface area contributed by atoms with E-state index in [9.17, 15) is 5.11 Å². The van der Waals surface area contributed by atoms with Crippen LogP contribution in [0.25, 0.3) is 21.9 Å². The fourth-order valence-corrected chi connectivity index (χ4v) is 6.54. The van der Waals surface area contributed by atoms with Crippen molar-refractivity contribution in [2.24, 2.45) is 11.8 Å². The van der Waals surface area contributed by atoms with Crippen molar-refractivity contribution >= 4 is 16.5 Å². The van der Waals surface area contributed by atoms with Gasteiger partial charge in [-0.05, 0) is 76.9 Å². The van der Waals surface area contributed by atoms with Crippen LogP contribution < -0.4 is 4.90 Å². The predicted octanol–water partition coefficient (Wildman–Crippen LogP) is 5.70. The third-order valence-corrected chi connectivity index (χ3v) is 7.62. The Morgan fingerprint density at radius 3 is 2.56 bits per heavy atom. The number of nitrogens with zero attached hydrogens (tertiary/aromatic N) is 1. The van der Waals surface area contributed by atoms with Crippen LogP contribution in [0.1, 0.15) is 36.8 Å². The highest BCUT2D eigenvalue weighted by Gasteiger charge is 2.57. The Kier molecular flexibility index (Phi) is 2.92. The van der Waals surface area contributed by atoms with Crippen LogP contribution in [0.15, 0.2) is 48.5 Å². The Morgan fingerprint density at radius 2 is 1.81 bits per heavy atom. The number of aromatic hydroxyl groups is 1. The topological polar surface area (TPSA) is 23.5 Å². The molecule has 1 N–H and O–H groups in total. The summed E-state index contributed by atoms with van der Waals surface area (Å²) in [5.74, 6) is 2.01. The molecule has 0 heterocycles. The molecule has 3 aliphatic carbocycles. The summed E-state index contributed by atoms with van der Waals surface area (Å²) in [5.41, 5.74) is 6.91. The van der Waals surface area contributed by atoms with Crippen molar-refractivity contribution in [3.63, 3.8) is 0 Å². The number of phenols is 1. The highest BCUT2D eigenvalue weighted by atomic mass is 16.3. The lowest BCUT2D eigenvalue weighted by molar-refractivity contribution is 0.326. The molecule has 0 saturated heterocycles. The zero-order valence-electron chi connectivity index (χ0n) is 16.0. The van der Waals surface area contributed by atoms with E-state index in [1.165, 1.54) is 53.3 Å². The maximum Gasteiger partial charge on any atom is 0.123 e. The van der Waals surface area contributed by atoms with Crippen LogP contribution in [-0.4, -0.2) is 19.2 Å². The average Bonchev–Trinajstić information content (AvgIpc) is 3.35. The molecule has 3 atom stereocenters. The quantitative estimate of drug-likeness (QED) is 0.605. The summed E-state index contributed by atoms with van der Waals surface area (Å²) in [5, 5.41) is 13.2. The van der Waals surface area contributed by atoms with E-state index >= 15 is 0 Å². The van der Waals surface area contributed by atoms with Gasteiger partial charge in [-0.1, -0.05) is 36.8 Å². The van der Waals surface area contributed by atoms with E-state index in [2.05, 4.69) is 53.4 Å². The summed E-state index contributed by atoms with van der Waals surface area (Å²) in [6.45, 7) is 0. The molecular weight excluding hydrogens is 330 g/mol. The van der Waals surface area contributed by atoms with Crippen LogP contribution in [0.3, 0.4) is 0 Å². The Labute approximate surface area is 160 Å². The molecule has 2 saturated carbocycles. The molecule has 0 aliphatic heterocycles. The third-order valence-electron chi connectivity index (χ3n) is 7.62. The summed E-state index contributed by atoms with van der Waals surface area (Å²) in [4.78, 5) is 2.09. The number of benzene rings is 3. The van der Waals surface area contributed by atoms with E-state index in [0.717, 1.165) is 22.9 Å². The second-order valence-electron chi connectivity index (χ2n) is 9.04. The summed E-state index contributed by atoms with van der Waals surface area (Å²) >= 11 is 0. The van der Waals surface area contributed by atoms with Gasteiger partial charge in [0.15, 0.2) is 0 Å². The maximum absolute atomic E-state index is 11.0. The lowest BCUT2D eigenvalue weighted by Gasteiger charge is -2.36. The lowest BCUT2D eigenvalue weighted by atomic mass is 9.66. The monoisotopic (exact) mass is 355 g/mol. The molecule has 2 nitrogen and oxygen atoms in total. The number of fused-ring (bicyclic) bond motifs is 10. The molecule has 0 radical (unpaired) electrons. The van der Waals surface area contributed by atoms with Crippen LogP contribution in [0.4, 0.5) is 5.69 Å². The zero-order chi connectivity index (χ0) is 18.3. The summed E-state index contributed by atoms with van der Waals surface area (Å²) in [6.07, 6.45) is 5.32. The van der Waals surface area contributed by atoms with Gasteiger partial charge in [-0.15, -0.1) is 0 Å². The van der Waals surface area contributed by atoms with Crippen LogP contribution in [0.5, 0.6) is 5.75 Å². The first-order valence-electron chi connectivity index (χ1n) is 10.2. The molecule has 2 heteroatoms. The first kappa shape index (κ1) is 15.6. The largest absolute Gasteiger partial charge is 0.507 e. The number of anilines is 1. The molecule has 3 unspecified atom stereocenters. The molecule has 1 spiro atoms. The highest BCUT2D eigenvalue weighted by molar-refractivity contribution is 6.06. The number of phenolic OH excluding ortho intramolecular Hbond substituents is 1. The first-order valence-corrected chi connectivity index (χ1v) is 10.2. The van der Waals surface area contributed by atoms with Crippen LogP contribution in [0.2, 0.25) is 0 Å². The molecule has 2 fully saturated rings. The smallest absolute Gasteiger partial charge is 0.123 e. The molecule has 6 rings (SSSR count).